The van der Waals surface area contributed by atoms with Gasteiger partial charge in [0.1, 0.15) is 17.3 Å². The van der Waals surface area contributed by atoms with Crippen LogP contribution in [0.3, 0.4) is 0 Å². The Bertz CT molecular complexity index is 925. The van der Waals surface area contributed by atoms with Gasteiger partial charge in [0.25, 0.3) is 0 Å². The SMILES string of the molecule is Cc1ccc(NC(=O)CCNc2nc(-c3ccccn3)nc(C)c2C)nc1. The second-order valence-corrected chi connectivity index (χ2v) is 6.27. The van der Waals surface area contributed by atoms with Crippen LogP contribution in [-0.2, 0) is 4.79 Å². The van der Waals surface area contributed by atoms with Crippen molar-refractivity contribution in [2.45, 2.75) is 27.2 Å². The maximum atomic E-state index is 12.1. The van der Waals surface area contributed by atoms with Crippen molar-refractivity contribution in [2.24, 2.45) is 0 Å². The second-order valence-electron chi connectivity index (χ2n) is 6.27. The van der Waals surface area contributed by atoms with Crippen molar-refractivity contribution in [2.75, 3.05) is 17.2 Å². The lowest BCUT2D eigenvalue weighted by Gasteiger charge is -2.12. The maximum Gasteiger partial charge on any atom is 0.227 e. The highest BCUT2D eigenvalue weighted by Gasteiger charge is 2.11. The molecule has 0 bridgehead atoms. The Morgan fingerprint density at radius 2 is 1.89 bits per heavy atom. The average molecular weight is 362 g/mol. The highest BCUT2D eigenvalue weighted by Crippen LogP contribution is 2.20. The van der Waals surface area contributed by atoms with E-state index in [1.807, 2.05) is 45.0 Å². The van der Waals surface area contributed by atoms with Crippen molar-refractivity contribution in [1.29, 1.82) is 0 Å². The molecule has 0 aliphatic rings. The van der Waals surface area contributed by atoms with Crippen LogP contribution in [0, 0.1) is 20.8 Å². The zero-order valence-electron chi connectivity index (χ0n) is 15.7. The molecule has 0 fully saturated rings. The molecule has 0 saturated heterocycles. The molecule has 0 unspecified atom stereocenters. The van der Waals surface area contributed by atoms with Crippen LogP contribution in [0.15, 0.2) is 42.7 Å². The van der Waals surface area contributed by atoms with Crippen LogP contribution < -0.4 is 10.6 Å². The molecule has 0 spiro atoms. The molecule has 0 aromatic carbocycles. The number of nitrogens with zero attached hydrogens (tertiary/aromatic N) is 4. The number of anilines is 2. The van der Waals surface area contributed by atoms with E-state index >= 15 is 0 Å². The predicted molar refractivity (Wildman–Crippen MR) is 105 cm³/mol. The molecule has 0 saturated carbocycles. The summed E-state index contributed by atoms with van der Waals surface area (Å²) in [6.07, 6.45) is 3.74. The Morgan fingerprint density at radius 3 is 2.59 bits per heavy atom. The van der Waals surface area contributed by atoms with E-state index < -0.39 is 0 Å². The highest BCUT2D eigenvalue weighted by atomic mass is 16.1. The number of amides is 1. The zero-order valence-corrected chi connectivity index (χ0v) is 15.7. The van der Waals surface area contributed by atoms with Crippen LogP contribution in [0.2, 0.25) is 0 Å². The van der Waals surface area contributed by atoms with Gasteiger partial charge in [-0.3, -0.25) is 9.78 Å². The minimum Gasteiger partial charge on any atom is -0.369 e. The van der Waals surface area contributed by atoms with E-state index in [-0.39, 0.29) is 5.91 Å². The third-order valence-electron chi connectivity index (χ3n) is 4.11. The lowest BCUT2D eigenvalue weighted by molar-refractivity contribution is -0.116. The number of rotatable bonds is 6. The number of pyridine rings is 2. The van der Waals surface area contributed by atoms with Crippen molar-refractivity contribution in [3.05, 3.63) is 59.5 Å². The molecule has 2 N–H and O–H groups in total. The van der Waals surface area contributed by atoms with E-state index in [2.05, 4.69) is 30.6 Å². The molecular weight excluding hydrogens is 340 g/mol. The van der Waals surface area contributed by atoms with Crippen LogP contribution in [0.5, 0.6) is 0 Å². The summed E-state index contributed by atoms with van der Waals surface area (Å²) >= 11 is 0. The van der Waals surface area contributed by atoms with Gasteiger partial charge in [-0.2, -0.15) is 0 Å². The van der Waals surface area contributed by atoms with Crippen LogP contribution >= 0.6 is 0 Å². The van der Waals surface area contributed by atoms with Gasteiger partial charge in [-0.05, 0) is 44.5 Å². The number of hydrogen-bond donors (Lipinski definition) is 2. The topological polar surface area (TPSA) is 92.7 Å². The van der Waals surface area contributed by atoms with Gasteiger partial charge in [-0.1, -0.05) is 12.1 Å². The summed E-state index contributed by atoms with van der Waals surface area (Å²) in [4.78, 5) is 29.6. The number of nitrogens with one attached hydrogen (secondary N) is 2. The fraction of sp³-hybridized carbons (Fsp3) is 0.250. The molecule has 7 heteroatoms. The Balaban J connectivity index is 1.62. The van der Waals surface area contributed by atoms with Crippen molar-refractivity contribution in [3.63, 3.8) is 0 Å². The van der Waals surface area contributed by atoms with E-state index in [1.54, 1.807) is 18.5 Å². The van der Waals surface area contributed by atoms with Gasteiger partial charge in [0.15, 0.2) is 5.82 Å². The van der Waals surface area contributed by atoms with Gasteiger partial charge in [0.2, 0.25) is 5.91 Å². The first-order valence-corrected chi connectivity index (χ1v) is 8.76. The van der Waals surface area contributed by atoms with Gasteiger partial charge in [0, 0.05) is 36.6 Å². The quantitative estimate of drug-likeness (QED) is 0.699. The molecule has 27 heavy (non-hydrogen) atoms. The second kappa shape index (κ2) is 8.35. The summed E-state index contributed by atoms with van der Waals surface area (Å²) in [6, 6.07) is 9.32. The van der Waals surface area contributed by atoms with E-state index in [4.69, 9.17) is 0 Å². The molecule has 3 aromatic rings. The van der Waals surface area contributed by atoms with Gasteiger partial charge in [0.05, 0.1) is 0 Å². The minimum absolute atomic E-state index is 0.104. The average Bonchev–Trinajstić information content (AvgIpc) is 2.67. The van der Waals surface area contributed by atoms with Crippen molar-refractivity contribution in [1.82, 2.24) is 19.9 Å². The highest BCUT2D eigenvalue weighted by molar-refractivity contribution is 5.90. The van der Waals surface area contributed by atoms with Crippen LogP contribution in [0.25, 0.3) is 11.5 Å². The number of aromatic nitrogens is 4. The summed E-state index contributed by atoms with van der Waals surface area (Å²) in [5, 5.41) is 6.02. The van der Waals surface area contributed by atoms with Crippen molar-refractivity contribution in [3.8, 4) is 11.5 Å². The molecule has 138 valence electrons. The first kappa shape index (κ1) is 18.4. The third-order valence-corrected chi connectivity index (χ3v) is 4.11. The summed E-state index contributed by atoms with van der Waals surface area (Å²) in [5.41, 5.74) is 3.59. The largest absolute Gasteiger partial charge is 0.369 e. The Hall–Kier alpha value is -3.35. The lowest BCUT2D eigenvalue weighted by Crippen LogP contribution is -2.18. The molecule has 7 nitrogen and oxygen atoms in total. The number of hydrogen-bond acceptors (Lipinski definition) is 6. The Labute approximate surface area is 158 Å². The van der Waals surface area contributed by atoms with Crippen LogP contribution in [0.4, 0.5) is 11.6 Å². The monoisotopic (exact) mass is 362 g/mol. The molecule has 3 heterocycles. The van der Waals surface area contributed by atoms with Gasteiger partial charge in [-0.15, -0.1) is 0 Å². The lowest BCUT2D eigenvalue weighted by atomic mass is 10.2. The zero-order chi connectivity index (χ0) is 19.2. The number of carbonyl (C=O) groups is 1. The smallest absolute Gasteiger partial charge is 0.227 e. The molecule has 3 rings (SSSR count). The molecule has 0 atom stereocenters. The van der Waals surface area contributed by atoms with E-state index in [0.717, 1.165) is 16.8 Å². The Morgan fingerprint density at radius 1 is 1.04 bits per heavy atom. The fourth-order valence-electron chi connectivity index (χ4n) is 2.45. The molecule has 0 aliphatic heterocycles. The van der Waals surface area contributed by atoms with E-state index in [9.17, 15) is 4.79 Å². The fourth-order valence-corrected chi connectivity index (χ4v) is 2.45. The van der Waals surface area contributed by atoms with Crippen molar-refractivity contribution >= 4 is 17.5 Å². The van der Waals surface area contributed by atoms with Crippen LogP contribution in [0.1, 0.15) is 23.2 Å². The summed E-state index contributed by atoms with van der Waals surface area (Å²) in [7, 11) is 0. The van der Waals surface area contributed by atoms with Gasteiger partial charge < -0.3 is 10.6 Å². The summed E-state index contributed by atoms with van der Waals surface area (Å²) in [6.45, 7) is 6.30. The number of aryl methyl sites for hydroxylation is 2. The Kier molecular flexibility index (Phi) is 5.71. The van der Waals surface area contributed by atoms with Crippen molar-refractivity contribution < 1.29 is 4.79 Å². The standard InChI is InChI=1S/C20H22N6O/c1-13-7-8-17(23-12-13)25-18(27)9-11-22-19-14(2)15(3)24-20(26-19)16-6-4-5-10-21-16/h4-8,10,12H,9,11H2,1-3H3,(H,22,24,26)(H,23,25,27). The molecule has 1 amide bonds. The van der Waals surface area contributed by atoms with Crippen LogP contribution in [-0.4, -0.2) is 32.4 Å². The minimum atomic E-state index is -0.104. The maximum absolute atomic E-state index is 12.1. The first-order chi connectivity index (χ1) is 13.0. The summed E-state index contributed by atoms with van der Waals surface area (Å²) in [5.74, 6) is 1.73. The van der Waals surface area contributed by atoms with Gasteiger partial charge in [-0.25, -0.2) is 15.0 Å². The number of carbonyl (C=O) groups excluding carboxylic acids is 1. The molecule has 3 aromatic heterocycles. The first-order valence-electron chi connectivity index (χ1n) is 8.76. The van der Waals surface area contributed by atoms with Gasteiger partial charge >= 0.3 is 0 Å². The van der Waals surface area contributed by atoms with E-state index in [1.165, 1.54) is 0 Å². The van der Waals surface area contributed by atoms with E-state index in [0.29, 0.717) is 36.1 Å². The third kappa shape index (κ3) is 4.84. The molecule has 0 aliphatic carbocycles. The predicted octanol–water partition coefficient (Wildman–Crippen LogP) is 3.30. The summed E-state index contributed by atoms with van der Waals surface area (Å²) < 4.78 is 0. The normalized spacial score (nSPS) is 10.5. The molecular formula is C20H22N6O. The molecule has 0 radical (unpaired) electrons.